The van der Waals surface area contributed by atoms with Gasteiger partial charge in [-0.1, -0.05) is 111 Å². The fraction of sp³-hybridized carbons (Fsp3) is 0.367. The van der Waals surface area contributed by atoms with Crippen molar-refractivity contribution >= 4 is 33.2 Å². The summed E-state index contributed by atoms with van der Waals surface area (Å²) in [4.78, 5) is 32.3. The molecule has 7 rings (SSSR count). The minimum atomic E-state index is 0.144. The molecule has 0 saturated heterocycles. The van der Waals surface area contributed by atoms with Crippen LogP contribution in [0, 0.1) is 5.92 Å². The van der Waals surface area contributed by atoms with E-state index in [1.54, 1.807) is 0 Å². The Labute approximate surface area is 336 Å². The van der Waals surface area contributed by atoms with Gasteiger partial charge in [0.25, 0.3) is 0 Å². The Hall–Kier alpha value is -5.63. The Balaban J connectivity index is 1.19. The van der Waals surface area contributed by atoms with Crippen LogP contribution in [0.5, 0.6) is 0 Å². The summed E-state index contributed by atoms with van der Waals surface area (Å²) in [6.45, 7) is 18.9. The fourth-order valence-electron chi connectivity index (χ4n) is 7.27. The number of hydrogen-bond donors (Lipinski definition) is 5. The summed E-state index contributed by atoms with van der Waals surface area (Å²) in [6, 6.07) is 34.7. The van der Waals surface area contributed by atoms with Gasteiger partial charge >= 0.3 is 0 Å². The molecule has 0 bridgehead atoms. The molecule has 0 fully saturated rings. The van der Waals surface area contributed by atoms with E-state index in [4.69, 9.17) is 15.0 Å². The van der Waals surface area contributed by atoms with Gasteiger partial charge in [0, 0.05) is 39.7 Å². The van der Waals surface area contributed by atoms with Gasteiger partial charge in [0.05, 0.1) is 11.4 Å². The van der Waals surface area contributed by atoms with Crippen molar-refractivity contribution in [2.24, 2.45) is 20.9 Å². The van der Waals surface area contributed by atoms with Crippen LogP contribution in [0.4, 0.5) is 11.4 Å². The predicted octanol–water partition coefficient (Wildman–Crippen LogP) is 11.9. The van der Waals surface area contributed by atoms with E-state index >= 15 is 0 Å². The van der Waals surface area contributed by atoms with Gasteiger partial charge in [0.1, 0.15) is 0 Å². The van der Waals surface area contributed by atoms with Crippen molar-refractivity contribution in [1.82, 2.24) is 24.9 Å². The molecule has 8 nitrogen and oxygen atoms in total. The van der Waals surface area contributed by atoms with Crippen molar-refractivity contribution in [3.05, 3.63) is 125 Å². The highest BCUT2D eigenvalue weighted by atomic mass is 15.1. The van der Waals surface area contributed by atoms with Crippen LogP contribution < -0.4 is 16.9 Å². The van der Waals surface area contributed by atoms with E-state index in [9.17, 15) is 0 Å². The molecule has 0 amide bonds. The van der Waals surface area contributed by atoms with Gasteiger partial charge in [0.15, 0.2) is 0 Å². The molecule has 3 heterocycles. The molecule has 3 aromatic heterocycles. The van der Waals surface area contributed by atoms with Gasteiger partial charge in [-0.2, -0.15) is 0 Å². The molecule has 1 unspecified atom stereocenters. The standard InChI is InChI=1S/C49H60N8/c1-9-13-14-32(10-2)31-50-45-55-46(51-39-21-15-33(16-22-39)43-29-35-27-37(48(5,6)11-3)19-25-41(35)53-43)57-47(56-45)52-40-23-17-34(18-24-40)44-30-36-28-38(49(7,8)12-4)20-26-42(36)54-44/h15-30,32,53-54H,9-14,31H2,1-8H3,(H3,50,51,52,55,56,57). The van der Waals surface area contributed by atoms with Crippen LogP contribution in [0.1, 0.15) is 105 Å². The maximum absolute atomic E-state index is 4.98. The highest BCUT2D eigenvalue weighted by molar-refractivity contribution is 5.87. The summed E-state index contributed by atoms with van der Waals surface area (Å²) in [5.74, 6) is 0.528. The highest BCUT2D eigenvalue weighted by Crippen LogP contribution is 2.33. The molecule has 0 radical (unpaired) electrons. The Bertz CT molecular complexity index is 2480. The van der Waals surface area contributed by atoms with Crippen molar-refractivity contribution in [1.29, 1.82) is 0 Å². The number of rotatable bonds is 14. The van der Waals surface area contributed by atoms with Crippen LogP contribution in [0.2, 0.25) is 0 Å². The SMILES string of the molecule is CCCCC(CC)CN=c1[nH]c(=Nc2ccc(-c3cc4cc(C(C)(C)CC)ccc4[nH]3)cc2)[nH]c(=Nc2ccc(-c3cc4cc(C(C)(C)CC)ccc4[nH]3)cc2)[nH]1. The Morgan fingerprint density at radius 1 is 0.526 bits per heavy atom. The van der Waals surface area contributed by atoms with Gasteiger partial charge in [-0.3, -0.25) is 19.9 Å². The van der Waals surface area contributed by atoms with E-state index in [2.05, 4.69) is 153 Å². The number of aromatic nitrogens is 5. The largest absolute Gasteiger partial charge is 0.355 e. The molecular formula is C49H60N8. The van der Waals surface area contributed by atoms with Crippen LogP contribution >= 0.6 is 0 Å². The summed E-state index contributed by atoms with van der Waals surface area (Å²) in [6.07, 6.45) is 6.86. The van der Waals surface area contributed by atoms with Gasteiger partial charge in [-0.05, 0) is 119 Å². The topological polar surface area (TPSA) is 116 Å². The number of H-pyrrole nitrogens is 5. The molecule has 0 saturated carbocycles. The van der Waals surface area contributed by atoms with Crippen LogP contribution in [0.25, 0.3) is 44.3 Å². The van der Waals surface area contributed by atoms with Gasteiger partial charge in [-0.15, -0.1) is 0 Å². The molecule has 0 aliphatic carbocycles. The third-order valence-corrected chi connectivity index (χ3v) is 12.2. The zero-order valence-corrected chi connectivity index (χ0v) is 35.1. The van der Waals surface area contributed by atoms with E-state index in [-0.39, 0.29) is 10.8 Å². The molecule has 7 aromatic rings. The number of benzene rings is 4. The molecule has 0 aliphatic rings. The second-order valence-corrected chi connectivity index (χ2v) is 16.9. The lowest BCUT2D eigenvalue weighted by Gasteiger charge is -2.23. The molecule has 1 atom stereocenters. The van der Waals surface area contributed by atoms with Gasteiger partial charge in [-0.25, -0.2) is 9.98 Å². The van der Waals surface area contributed by atoms with Crippen molar-refractivity contribution in [2.75, 3.05) is 6.54 Å². The van der Waals surface area contributed by atoms with Crippen molar-refractivity contribution < 1.29 is 0 Å². The zero-order chi connectivity index (χ0) is 40.2. The summed E-state index contributed by atoms with van der Waals surface area (Å²) in [5.41, 5.74) is 13.1. The lowest BCUT2D eigenvalue weighted by molar-refractivity contribution is 0.456. The first-order valence-electron chi connectivity index (χ1n) is 21.0. The smallest absolute Gasteiger partial charge is 0.210 e. The summed E-state index contributed by atoms with van der Waals surface area (Å²) >= 11 is 0. The molecule has 296 valence electrons. The van der Waals surface area contributed by atoms with Gasteiger partial charge in [0.2, 0.25) is 16.9 Å². The molecule has 0 spiro atoms. The first-order chi connectivity index (χ1) is 27.5. The molecule has 4 aromatic carbocycles. The average Bonchev–Trinajstić information content (AvgIpc) is 3.86. The lowest BCUT2D eigenvalue weighted by atomic mass is 9.82. The molecule has 0 aliphatic heterocycles. The fourth-order valence-corrected chi connectivity index (χ4v) is 7.27. The first-order valence-corrected chi connectivity index (χ1v) is 21.0. The number of unbranched alkanes of at least 4 members (excludes halogenated alkanes) is 1. The maximum atomic E-state index is 4.98. The Morgan fingerprint density at radius 2 is 0.982 bits per heavy atom. The number of fused-ring (bicyclic) bond motifs is 2. The average molecular weight is 761 g/mol. The van der Waals surface area contributed by atoms with E-state index in [0.717, 1.165) is 70.7 Å². The normalized spacial score (nSPS) is 13.5. The second kappa shape index (κ2) is 16.8. The Kier molecular flexibility index (Phi) is 11.7. The van der Waals surface area contributed by atoms with Crippen LogP contribution in [-0.4, -0.2) is 31.5 Å². The second-order valence-electron chi connectivity index (χ2n) is 16.9. The molecule has 5 N–H and O–H groups in total. The zero-order valence-electron chi connectivity index (χ0n) is 35.1. The van der Waals surface area contributed by atoms with E-state index in [1.165, 1.54) is 41.2 Å². The van der Waals surface area contributed by atoms with Crippen molar-refractivity contribution in [3.8, 4) is 22.5 Å². The third kappa shape index (κ3) is 9.17. The molecular weight excluding hydrogens is 701 g/mol. The van der Waals surface area contributed by atoms with E-state index in [0.29, 0.717) is 22.8 Å². The van der Waals surface area contributed by atoms with Crippen LogP contribution in [0.15, 0.2) is 112 Å². The summed E-state index contributed by atoms with van der Waals surface area (Å²) in [7, 11) is 0. The third-order valence-electron chi connectivity index (χ3n) is 12.2. The number of nitrogens with zero attached hydrogens (tertiary/aromatic N) is 3. The van der Waals surface area contributed by atoms with Gasteiger partial charge < -0.3 is 9.97 Å². The van der Waals surface area contributed by atoms with E-state index in [1.807, 2.05) is 24.3 Å². The maximum Gasteiger partial charge on any atom is 0.210 e. The molecule has 8 heteroatoms. The lowest BCUT2D eigenvalue weighted by Crippen LogP contribution is -2.37. The predicted molar refractivity (Wildman–Crippen MR) is 238 cm³/mol. The van der Waals surface area contributed by atoms with E-state index < -0.39 is 0 Å². The van der Waals surface area contributed by atoms with Crippen LogP contribution in [0.3, 0.4) is 0 Å². The highest BCUT2D eigenvalue weighted by Gasteiger charge is 2.20. The summed E-state index contributed by atoms with van der Waals surface area (Å²) < 4.78 is 0. The van der Waals surface area contributed by atoms with Crippen LogP contribution in [-0.2, 0) is 10.8 Å². The minimum Gasteiger partial charge on any atom is -0.355 e. The van der Waals surface area contributed by atoms with Crippen molar-refractivity contribution in [3.63, 3.8) is 0 Å². The number of nitrogens with one attached hydrogen (secondary N) is 5. The van der Waals surface area contributed by atoms with Crippen molar-refractivity contribution in [2.45, 2.75) is 105 Å². The summed E-state index contributed by atoms with van der Waals surface area (Å²) in [5, 5.41) is 2.46. The monoisotopic (exact) mass is 760 g/mol. The molecule has 57 heavy (non-hydrogen) atoms. The minimum absolute atomic E-state index is 0.144. The Morgan fingerprint density at radius 3 is 1.40 bits per heavy atom. The number of hydrogen-bond acceptors (Lipinski definition) is 3. The number of aromatic amines is 5. The quantitative estimate of drug-likeness (QED) is 0.0726. The first kappa shape index (κ1) is 39.6.